The first-order valence-corrected chi connectivity index (χ1v) is 12.6. The van der Waals surface area contributed by atoms with Gasteiger partial charge < -0.3 is 34.6 Å². The third kappa shape index (κ3) is 10.7. The van der Waals surface area contributed by atoms with E-state index in [0.717, 1.165) is 24.3 Å². The van der Waals surface area contributed by atoms with Crippen molar-refractivity contribution < 1.29 is 50.1 Å². The molecule has 0 atom stereocenters. The summed E-state index contributed by atoms with van der Waals surface area (Å²) in [5.41, 5.74) is -1.86. The Bertz CT molecular complexity index is 1060. The van der Waals surface area contributed by atoms with Gasteiger partial charge in [0, 0.05) is 37.6 Å². The fraction of sp³-hybridized carbons (Fsp3) is 0.462. The molecule has 41 heavy (non-hydrogen) atoms. The van der Waals surface area contributed by atoms with Crippen LogP contribution in [0.15, 0.2) is 48.5 Å². The Morgan fingerprint density at radius 2 is 0.927 bits per heavy atom. The highest BCUT2D eigenvalue weighted by molar-refractivity contribution is 5.90. The number of urea groups is 2. The molecule has 2 aromatic carbocycles. The van der Waals surface area contributed by atoms with Crippen molar-refractivity contribution in [2.45, 2.75) is 12.4 Å². The van der Waals surface area contributed by atoms with Gasteiger partial charge >= 0.3 is 24.4 Å². The Balaban J connectivity index is 1.58. The fourth-order valence-corrected chi connectivity index (χ4v) is 3.70. The van der Waals surface area contributed by atoms with Crippen LogP contribution >= 0.6 is 0 Å². The molecule has 1 heterocycles. The fourth-order valence-electron chi connectivity index (χ4n) is 3.70. The summed E-state index contributed by atoms with van der Waals surface area (Å²) in [7, 11) is 0. The van der Waals surface area contributed by atoms with Gasteiger partial charge in [-0.2, -0.15) is 26.3 Å². The maximum Gasteiger partial charge on any atom is 0.416 e. The number of benzene rings is 2. The molecule has 0 unspecified atom stereocenters. The molecule has 4 amide bonds. The van der Waals surface area contributed by atoms with Crippen LogP contribution in [0.5, 0.6) is 0 Å². The van der Waals surface area contributed by atoms with E-state index in [2.05, 4.69) is 10.6 Å². The first-order valence-electron chi connectivity index (χ1n) is 12.6. The van der Waals surface area contributed by atoms with Crippen LogP contribution in [-0.2, 0) is 26.6 Å². The van der Waals surface area contributed by atoms with Crippen LogP contribution < -0.4 is 10.6 Å². The molecule has 226 valence electrons. The van der Waals surface area contributed by atoms with Crippen molar-refractivity contribution in [2.24, 2.45) is 0 Å². The molecular weight excluding hydrogens is 562 g/mol. The van der Waals surface area contributed by atoms with Crippen LogP contribution in [0, 0.1) is 0 Å². The number of rotatable bonds is 2. The summed E-state index contributed by atoms with van der Waals surface area (Å²) in [5.74, 6) is 0. The molecular formula is C26H30F6N4O5. The van der Waals surface area contributed by atoms with Crippen molar-refractivity contribution in [3.8, 4) is 0 Å². The molecule has 0 aromatic heterocycles. The topological polar surface area (TPSA) is 92.4 Å². The number of hydrogen-bond donors (Lipinski definition) is 2. The molecule has 0 radical (unpaired) electrons. The van der Waals surface area contributed by atoms with Crippen LogP contribution in [0.1, 0.15) is 11.1 Å². The van der Waals surface area contributed by atoms with Crippen LogP contribution in [0.2, 0.25) is 0 Å². The Morgan fingerprint density at radius 3 is 1.27 bits per heavy atom. The molecule has 9 nitrogen and oxygen atoms in total. The van der Waals surface area contributed by atoms with Gasteiger partial charge in [0.1, 0.15) is 0 Å². The van der Waals surface area contributed by atoms with E-state index in [-0.39, 0.29) is 77.2 Å². The predicted octanol–water partition coefficient (Wildman–Crippen LogP) is 5.16. The van der Waals surface area contributed by atoms with Crippen LogP contribution in [0.25, 0.3) is 0 Å². The number of hydrogen-bond acceptors (Lipinski definition) is 5. The molecule has 2 aromatic rings. The van der Waals surface area contributed by atoms with E-state index in [1.807, 2.05) is 0 Å². The summed E-state index contributed by atoms with van der Waals surface area (Å²) < 4.78 is 94.6. The zero-order chi connectivity index (χ0) is 29.9. The smallest absolute Gasteiger partial charge is 0.378 e. The van der Waals surface area contributed by atoms with Gasteiger partial charge in [0.05, 0.1) is 50.8 Å². The van der Waals surface area contributed by atoms with Gasteiger partial charge in [0.2, 0.25) is 0 Å². The molecule has 1 aliphatic rings. The van der Waals surface area contributed by atoms with Gasteiger partial charge in [-0.1, -0.05) is 12.1 Å². The van der Waals surface area contributed by atoms with Crippen molar-refractivity contribution in [3.63, 3.8) is 0 Å². The van der Waals surface area contributed by atoms with E-state index < -0.39 is 35.5 Å². The van der Waals surface area contributed by atoms with Gasteiger partial charge in [0.25, 0.3) is 0 Å². The van der Waals surface area contributed by atoms with Crippen molar-refractivity contribution in [3.05, 3.63) is 59.7 Å². The number of anilines is 2. The van der Waals surface area contributed by atoms with Crippen molar-refractivity contribution >= 4 is 23.4 Å². The number of halogens is 6. The summed E-state index contributed by atoms with van der Waals surface area (Å²) in [6.07, 6.45) is -9.13. The van der Waals surface area contributed by atoms with E-state index in [9.17, 15) is 35.9 Å². The number of carbonyl (C=O) groups is 2. The summed E-state index contributed by atoms with van der Waals surface area (Å²) >= 11 is 0. The lowest BCUT2D eigenvalue weighted by Crippen LogP contribution is -2.41. The zero-order valence-electron chi connectivity index (χ0n) is 21.9. The summed E-state index contributed by atoms with van der Waals surface area (Å²) in [5, 5.41) is 4.89. The quantitative estimate of drug-likeness (QED) is 0.471. The Kier molecular flexibility index (Phi) is 11.6. The second-order valence-electron chi connectivity index (χ2n) is 8.83. The third-order valence-corrected chi connectivity index (χ3v) is 5.85. The van der Waals surface area contributed by atoms with Crippen LogP contribution in [0.4, 0.5) is 47.3 Å². The molecule has 0 aliphatic carbocycles. The standard InChI is InChI=1S/C26H30F6N4O5/c27-25(28,29)19-3-1-5-21(17-19)33-23(37)35-7-11-39-12-8-36(10-14-41-16-15-40-13-9-35)24(38)34-22-6-2-4-20(18-22)26(30,31)32/h1-6,17-18H,7-16H2,(H,33,37)(H,34,38). The first-order chi connectivity index (χ1) is 19.4. The number of amides is 4. The minimum Gasteiger partial charge on any atom is -0.378 e. The molecule has 2 N–H and O–H groups in total. The average molecular weight is 593 g/mol. The molecule has 3 rings (SSSR count). The third-order valence-electron chi connectivity index (χ3n) is 5.85. The number of nitrogens with one attached hydrogen (secondary N) is 2. The molecule has 1 aliphatic heterocycles. The molecule has 0 saturated carbocycles. The maximum absolute atomic E-state index is 13.0. The van der Waals surface area contributed by atoms with E-state index in [0.29, 0.717) is 0 Å². The Morgan fingerprint density at radius 1 is 0.585 bits per heavy atom. The van der Waals surface area contributed by atoms with Crippen molar-refractivity contribution in [1.29, 1.82) is 0 Å². The van der Waals surface area contributed by atoms with Gasteiger partial charge in [-0.05, 0) is 36.4 Å². The molecule has 15 heteroatoms. The van der Waals surface area contributed by atoms with Gasteiger partial charge in [-0.15, -0.1) is 0 Å². The molecule has 1 saturated heterocycles. The number of ether oxygens (including phenoxy) is 3. The molecule has 0 bridgehead atoms. The lowest BCUT2D eigenvalue weighted by Gasteiger charge is -2.24. The highest BCUT2D eigenvalue weighted by Gasteiger charge is 2.31. The van der Waals surface area contributed by atoms with E-state index in [4.69, 9.17) is 14.2 Å². The largest absolute Gasteiger partial charge is 0.416 e. The van der Waals surface area contributed by atoms with Crippen LogP contribution in [-0.4, -0.2) is 87.7 Å². The average Bonchev–Trinajstić information content (AvgIpc) is 2.91. The normalized spacial score (nSPS) is 16.8. The summed E-state index contributed by atoms with van der Waals surface area (Å²) in [4.78, 5) is 28.2. The number of nitrogens with zero attached hydrogens (tertiary/aromatic N) is 2. The Hall–Kier alpha value is -3.56. The van der Waals surface area contributed by atoms with Gasteiger partial charge in [-0.25, -0.2) is 9.59 Å². The summed E-state index contributed by atoms with van der Waals surface area (Å²) in [6, 6.07) is 7.19. The molecule has 1 fully saturated rings. The van der Waals surface area contributed by atoms with Gasteiger partial charge in [-0.3, -0.25) is 0 Å². The van der Waals surface area contributed by atoms with E-state index in [1.54, 1.807) is 0 Å². The highest BCUT2D eigenvalue weighted by Crippen LogP contribution is 2.31. The SMILES string of the molecule is O=C(Nc1cccc(C(F)(F)F)c1)N1CCOCCOCCN(C(=O)Nc2cccc(C(F)(F)F)c2)CCOCC1. The minimum atomic E-state index is -4.56. The maximum atomic E-state index is 13.0. The summed E-state index contributed by atoms with van der Waals surface area (Å²) in [6.45, 7) is 1.08. The van der Waals surface area contributed by atoms with E-state index in [1.165, 1.54) is 34.1 Å². The second-order valence-corrected chi connectivity index (χ2v) is 8.83. The van der Waals surface area contributed by atoms with Crippen LogP contribution in [0.3, 0.4) is 0 Å². The lowest BCUT2D eigenvalue weighted by atomic mass is 10.2. The lowest BCUT2D eigenvalue weighted by molar-refractivity contribution is -0.138. The monoisotopic (exact) mass is 592 g/mol. The predicted molar refractivity (Wildman–Crippen MR) is 137 cm³/mol. The number of alkyl halides is 6. The van der Waals surface area contributed by atoms with Gasteiger partial charge in [0.15, 0.2) is 0 Å². The number of carbonyl (C=O) groups excluding carboxylic acids is 2. The van der Waals surface area contributed by atoms with Crippen molar-refractivity contribution in [1.82, 2.24) is 9.80 Å². The second kappa shape index (κ2) is 14.9. The Labute approximate surface area is 232 Å². The van der Waals surface area contributed by atoms with Crippen molar-refractivity contribution in [2.75, 3.05) is 76.5 Å². The minimum absolute atomic E-state index is 0.0293. The molecule has 0 spiro atoms. The first kappa shape index (κ1) is 32.0. The zero-order valence-corrected chi connectivity index (χ0v) is 21.9. The van der Waals surface area contributed by atoms with E-state index >= 15 is 0 Å². The highest BCUT2D eigenvalue weighted by atomic mass is 19.4.